The smallest absolute Gasteiger partial charge is 0.0962 e. The minimum atomic E-state index is 0.790. The second-order valence-electron chi connectivity index (χ2n) is 2.58. The zero-order valence-electron chi connectivity index (χ0n) is 6.68. The fourth-order valence-corrected chi connectivity index (χ4v) is 1.03. The third-order valence-electron chi connectivity index (χ3n) is 1.65. The van der Waals surface area contributed by atoms with Gasteiger partial charge in [0, 0.05) is 6.42 Å². The van der Waals surface area contributed by atoms with E-state index >= 15 is 0 Å². The molecule has 0 aliphatic heterocycles. The summed E-state index contributed by atoms with van der Waals surface area (Å²) < 4.78 is 5.35. The standard InChI is InChI=1S/C9H14O/c1-3-10-9-6-4-8(2)5-7-9/h4,6H,3,5,7H2,1-2H3. The van der Waals surface area contributed by atoms with E-state index in [1.54, 1.807) is 0 Å². The van der Waals surface area contributed by atoms with Gasteiger partial charge in [-0.2, -0.15) is 0 Å². The van der Waals surface area contributed by atoms with Gasteiger partial charge in [-0.05, 0) is 26.3 Å². The van der Waals surface area contributed by atoms with Gasteiger partial charge in [0.15, 0.2) is 0 Å². The number of allylic oxidation sites excluding steroid dienone is 4. The van der Waals surface area contributed by atoms with Crippen molar-refractivity contribution in [2.75, 3.05) is 6.61 Å². The molecule has 0 saturated carbocycles. The van der Waals surface area contributed by atoms with E-state index < -0.39 is 0 Å². The lowest BCUT2D eigenvalue weighted by Crippen LogP contribution is -1.95. The summed E-state index contributed by atoms with van der Waals surface area (Å²) in [4.78, 5) is 0. The van der Waals surface area contributed by atoms with Gasteiger partial charge >= 0.3 is 0 Å². The summed E-state index contributed by atoms with van der Waals surface area (Å²) in [6.45, 7) is 4.96. The molecule has 0 unspecified atom stereocenters. The number of hydrogen-bond acceptors (Lipinski definition) is 1. The van der Waals surface area contributed by atoms with Crippen LogP contribution >= 0.6 is 0 Å². The van der Waals surface area contributed by atoms with E-state index in [9.17, 15) is 0 Å². The lowest BCUT2D eigenvalue weighted by atomic mass is 10.1. The van der Waals surface area contributed by atoms with Crippen LogP contribution in [-0.2, 0) is 4.74 Å². The monoisotopic (exact) mass is 138 g/mol. The van der Waals surface area contributed by atoms with Crippen molar-refractivity contribution in [3.63, 3.8) is 0 Å². The van der Waals surface area contributed by atoms with Gasteiger partial charge in [-0.3, -0.25) is 0 Å². The molecule has 1 nitrogen and oxygen atoms in total. The Hall–Kier alpha value is -0.720. The van der Waals surface area contributed by atoms with Crippen molar-refractivity contribution in [3.05, 3.63) is 23.5 Å². The molecular weight excluding hydrogens is 124 g/mol. The van der Waals surface area contributed by atoms with Crippen LogP contribution in [0.2, 0.25) is 0 Å². The van der Waals surface area contributed by atoms with Gasteiger partial charge in [0.05, 0.1) is 12.4 Å². The highest BCUT2D eigenvalue weighted by Crippen LogP contribution is 2.17. The van der Waals surface area contributed by atoms with Gasteiger partial charge in [0.2, 0.25) is 0 Å². The minimum absolute atomic E-state index is 0.790. The Labute approximate surface area is 62.4 Å². The van der Waals surface area contributed by atoms with Crippen molar-refractivity contribution >= 4 is 0 Å². The summed E-state index contributed by atoms with van der Waals surface area (Å²) in [5.41, 5.74) is 1.45. The predicted octanol–water partition coefficient (Wildman–Crippen LogP) is 2.65. The Morgan fingerprint density at radius 3 is 2.70 bits per heavy atom. The van der Waals surface area contributed by atoms with Crippen LogP contribution in [0.1, 0.15) is 26.7 Å². The van der Waals surface area contributed by atoms with Gasteiger partial charge in [0.25, 0.3) is 0 Å². The molecule has 0 fully saturated rings. The second-order valence-corrected chi connectivity index (χ2v) is 2.58. The van der Waals surface area contributed by atoms with E-state index in [-0.39, 0.29) is 0 Å². The van der Waals surface area contributed by atoms with E-state index in [0.29, 0.717) is 0 Å². The lowest BCUT2D eigenvalue weighted by molar-refractivity contribution is 0.217. The summed E-state index contributed by atoms with van der Waals surface area (Å²) in [5.74, 6) is 1.13. The summed E-state index contributed by atoms with van der Waals surface area (Å²) in [6, 6.07) is 0. The zero-order valence-corrected chi connectivity index (χ0v) is 6.68. The predicted molar refractivity (Wildman–Crippen MR) is 42.7 cm³/mol. The molecule has 0 aromatic rings. The normalized spacial score (nSPS) is 17.8. The van der Waals surface area contributed by atoms with Crippen LogP contribution in [-0.4, -0.2) is 6.61 Å². The molecule has 0 aromatic carbocycles. The largest absolute Gasteiger partial charge is 0.498 e. The SMILES string of the molecule is CCOC1=CC=C(C)CC1. The molecule has 1 heteroatoms. The first-order chi connectivity index (χ1) is 4.83. The van der Waals surface area contributed by atoms with Gasteiger partial charge in [-0.15, -0.1) is 0 Å². The Morgan fingerprint density at radius 2 is 2.20 bits per heavy atom. The maximum absolute atomic E-state index is 5.35. The molecule has 0 bridgehead atoms. The van der Waals surface area contributed by atoms with Crippen molar-refractivity contribution in [2.24, 2.45) is 0 Å². The molecule has 1 aliphatic rings. The van der Waals surface area contributed by atoms with Gasteiger partial charge in [-0.1, -0.05) is 11.6 Å². The van der Waals surface area contributed by atoms with Crippen molar-refractivity contribution in [1.82, 2.24) is 0 Å². The number of hydrogen-bond donors (Lipinski definition) is 0. The van der Waals surface area contributed by atoms with Crippen molar-refractivity contribution in [1.29, 1.82) is 0 Å². The van der Waals surface area contributed by atoms with E-state index in [2.05, 4.69) is 19.1 Å². The second kappa shape index (κ2) is 3.45. The molecule has 10 heavy (non-hydrogen) atoms. The Bertz CT molecular complexity index is 162. The molecule has 1 rings (SSSR count). The highest BCUT2D eigenvalue weighted by atomic mass is 16.5. The average Bonchev–Trinajstić information content (AvgIpc) is 1.95. The molecule has 0 atom stereocenters. The first-order valence-electron chi connectivity index (χ1n) is 3.82. The van der Waals surface area contributed by atoms with E-state index in [1.165, 1.54) is 5.57 Å². The highest BCUT2D eigenvalue weighted by molar-refractivity contribution is 5.19. The van der Waals surface area contributed by atoms with Crippen molar-refractivity contribution < 1.29 is 4.74 Å². The molecule has 56 valence electrons. The van der Waals surface area contributed by atoms with E-state index in [1.807, 2.05) is 6.92 Å². The van der Waals surface area contributed by atoms with Crippen LogP contribution in [0.15, 0.2) is 23.5 Å². The molecule has 0 heterocycles. The third-order valence-corrected chi connectivity index (χ3v) is 1.65. The van der Waals surface area contributed by atoms with E-state index in [4.69, 9.17) is 4.74 Å². The Balaban J connectivity index is 2.47. The molecule has 0 radical (unpaired) electrons. The van der Waals surface area contributed by atoms with Gasteiger partial charge in [0.1, 0.15) is 0 Å². The van der Waals surface area contributed by atoms with Crippen LogP contribution in [0, 0.1) is 0 Å². The highest BCUT2D eigenvalue weighted by Gasteiger charge is 2.01. The molecule has 0 saturated heterocycles. The van der Waals surface area contributed by atoms with Crippen LogP contribution < -0.4 is 0 Å². The van der Waals surface area contributed by atoms with Crippen LogP contribution in [0.5, 0.6) is 0 Å². The first-order valence-corrected chi connectivity index (χ1v) is 3.82. The fourth-order valence-electron chi connectivity index (χ4n) is 1.03. The summed E-state index contributed by atoms with van der Waals surface area (Å²) >= 11 is 0. The zero-order chi connectivity index (χ0) is 7.40. The molecule has 0 spiro atoms. The Morgan fingerprint density at radius 1 is 1.40 bits per heavy atom. The van der Waals surface area contributed by atoms with Crippen molar-refractivity contribution in [3.8, 4) is 0 Å². The topological polar surface area (TPSA) is 9.23 Å². The molecule has 0 amide bonds. The van der Waals surface area contributed by atoms with Crippen LogP contribution in [0.3, 0.4) is 0 Å². The Kier molecular flexibility index (Phi) is 2.55. The summed E-state index contributed by atoms with van der Waals surface area (Å²) in [5, 5.41) is 0. The first kappa shape index (κ1) is 7.39. The minimum Gasteiger partial charge on any atom is -0.498 e. The molecule has 0 N–H and O–H groups in total. The lowest BCUT2D eigenvalue weighted by Gasteiger charge is -2.11. The third kappa shape index (κ3) is 1.90. The maximum Gasteiger partial charge on any atom is 0.0962 e. The van der Waals surface area contributed by atoms with E-state index in [0.717, 1.165) is 25.2 Å². The maximum atomic E-state index is 5.35. The molecule has 0 aromatic heterocycles. The molecule has 1 aliphatic carbocycles. The molecular formula is C9H14O. The van der Waals surface area contributed by atoms with Gasteiger partial charge < -0.3 is 4.74 Å². The van der Waals surface area contributed by atoms with Gasteiger partial charge in [-0.25, -0.2) is 0 Å². The number of ether oxygens (including phenoxy) is 1. The number of rotatable bonds is 2. The van der Waals surface area contributed by atoms with Crippen molar-refractivity contribution in [2.45, 2.75) is 26.7 Å². The summed E-state index contributed by atoms with van der Waals surface area (Å²) in [7, 11) is 0. The van der Waals surface area contributed by atoms with Crippen LogP contribution in [0.25, 0.3) is 0 Å². The average molecular weight is 138 g/mol. The summed E-state index contributed by atoms with van der Waals surface area (Å²) in [6.07, 6.45) is 6.44. The van der Waals surface area contributed by atoms with Crippen LogP contribution in [0.4, 0.5) is 0 Å². The quantitative estimate of drug-likeness (QED) is 0.570. The fraction of sp³-hybridized carbons (Fsp3) is 0.556.